The lowest BCUT2D eigenvalue weighted by Gasteiger charge is -2.47. The molecule has 2 aliphatic heterocycles. The third kappa shape index (κ3) is 3.61. The molecule has 2 saturated heterocycles. The van der Waals surface area contributed by atoms with Gasteiger partial charge in [0, 0.05) is 26.7 Å². The highest BCUT2D eigenvalue weighted by atomic mass is 28.4. The van der Waals surface area contributed by atoms with Crippen molar-refractivity contribution in [3.8, 4) is 0 Å². The second-order valence-corrected chi connectivity index (χ2v) is 15.1. The first-order valence-electron chi connectivity index (χ1n) is 11.0. The SMILES string of the molecule is Cn1c(=O)n(C2CCCNC2=O)c2ccc(F)c(N3CC(O[Si](C)(C)C(C)(C)C)C3)c21. The Morgan fingerprint density at radius 3 is 2.48 bits per heavy atom. The summed E-state index contributed by atoms with van der Waals surface area (Å²) in [6.07, 6.45) is 1.47. The van der Waals surface area contributed by atoms with Crippen LogP contribution in [0.5, 0.6) is 0 Å². The van der Waals surface area contributed by atoms with Crippen LogP contribution in [0.1, 0.15) is 39.7 Å². The number of aromatic nitrogens is 2. The van der Waals surface area contributed by atoms with Crippen molar-refractivity contribution in [2.24, 2.45) is 7.05 Å². The van der Waals surface area contributed by atoms with Gasteiger partial charge in [0.15, 0.2) is 8.32 Å². The number of anilines is 1. The van der Waals surface area contributed by atoms with E-state index >= 15 is 4.39 Å². The van der Waals surface area contributed by atoms with Gasteiger partial charge in [-0.05, 0) is 43.1 Å². The Morgan fingerprint density at radius 1 is 1.19 bits per heavy atom. The van der Waals surface area contributed by atoms with E-state index in [2.05, 4.69) is 39.2 Å². The van der Waals surface area contributed by atoms with Gasteiger partial charge in [-0.1, -0.05) is 20.8 Å². The number of nitrogens with zero attached hydrogens (tertiary/aromatic N) is 3. The molecule has 3 heterocycles. The predicted molar refractivity (Wildman–Crippen MR) is 123 cm³/mol. The van der Waals surface area contributed by atoms with Crippen LogP contribution in [-0.2, 0) is 16.3 Å². The van der Waals surface area contributed by atoms with E-state index in [0.29, 0.717) is 42.8 Å². The van der Waals surface area contributed by atoms with Crippen LogP contribution in [-0.4, -0.2) is 49.1 Å². The summed E-state index contributed by atoms with van der Waals surface area (Å²) in [5.41, 5.74) is 1.26. The van der Waals surface area contributed by atoms with Crippen LogP contribution in [0.4, 0.5) is 10.1 Å². The molecule has 4 rings (SSSR count). The highest BCUT2D eigenvalue weighted by molar-refractivity contribution is 6.74. The maximum atomic E-state index is 15.0. The number of halogens is 1. The molecule has 170 valence electrons. The quantitative estimate of drug-likeness (QED) is 0.730. The fourth-order valence-corrected chi connectivity index (χ4v) is 5.66. The third-order valence-electron chi connectivity index (χ3n) is 7.17. The summed E-state index contributed by atoms with van der Waals surface area (Å²) in [4.78, 5) is 27.5. The first-order valence-corrected chi connectivity index (χ1v) is 13.9. The fourth-order valence-electron chi connectivity index (χ4n) is 4.32. The number of carbonyl (C=O) groups is 1. The van der Waals surface area contributed by atoms with E-state index in [1.807, 2.05) is 4.90 Å². The number of fused-ring (bicyclic) bond motifs is 1. The number of piperidine rings is 1. The lowest BCUT2D eigenvalue weighted by molar-refractivity contribution is -0.125. The molecular formula is C22H33FN4O3Si. The topological polar surface area (TPSA) is 68.5 Å². The van der Waals surface area contributed by atoms with Crippen molar-refractivity contribution in [3.63, 3.8) is 0 Å². The Morgan fingerprint density at radius 2 is 1.87 bits per heavy atom. The van der Waals surface area contributed by atoms with Crippen molar-refractivity contribution in [1.29, 1.82) is 0 Å². The van der Waals surface area contributed by atoms with Crippen LogP contribution >= 0.6 is 0 Å². The van der Waals surface area contributed by atoms with Crippen LogP contribution in [0.15, 0.2) is 16.9 Å². The molecular weight excluding hydrogens is 415 g/mol. The molecule has 2 fully saturated rings. The van der Waals surface area contributed by atoms with Gasteiger partial charge in [-0.2, -0.15) is 0 Å². The molecule has 7 nitrogen and oxygen atoms in total. The summed E-state index contributed by atoms with van der Waals surface area (Å²) < 4.78 is 24.5. The minimum Gasteiger partial charge on any atom is -0.410 e. The lowest BCUT2D eigenvalue weighted by Crippen LogP contribution is -2.58. The van der Waals surface area contributed by atoms with E-state index in [4.69, 9.17) is 4.43 Å². The second-order valence-electron chi connectivity index (χ2n) is 10.3. The van der Waals surface area contributed by atoms with Gasteiger partial charge in [-0.25, -0.2) is 9.18 Å². The molecule has 0 aliphatic carbocycles. The zero-order chi connectivity index (χ0) is 22.7. The first-order chi connectivity index (χ1) is 14.4. The summed E-state index contributed by atoms with van der Waals surface area (Å²) in [6, 6.07) is 2.45. The minimum atomic E-state index is -1.91. The number of benzene rings is 1. The maximum absolute atomic E-state index is 15.0. The van der Waals surface area contributed by atoms with Crippen LogP contribution in [0.2, 0.25) is 18.1 Å². The summed E-state index contributed by atoms with van der Waals surface area (Å²) >= 11 is 0. The predicted octanol–water partition coefficient (Wildman–Crippen LogP) is 3.14. The molecule has 2 aromatic rings. The van der Waals surface area contributed by atoms with Crippen molar-refractivity contribution in [2.75, 3.05) is 24.5 Å². The Hall–Kier alpha value is -2.13. The summed E-state index contributed by atoms with van der Waals surface area (Å²) in [7, 11) is -0.259. The third-order valence-corrected chi connectivity index (χ3v) is 11.7. The van der Waals surface area contributed by atoms with Gasteiger partial charge < -0.3 is 14.6 Å². The van der Waals surface area contributed by atoms with Crippen molar-refractivity contribution in [2.45, 2.75) is 63.9 Å². The molecule has 1 aromatic heterocycles. The van der Waals surface area contributed by atoms with E-state index < -0.39 is 14.4 Å². The summed E-state index contributed by atoms with van der Waals surface area (Å²) in [5, 5.41) is 2.95. The highest BCUT2D eigenvalue weighted by Gasteiger charge is 2.43. The van der Waals surface area contributed by atoms with Crippen molar-refractivity contribution >= 4 is 30.9 Å². The average molecular weight is 449 g/mol. The molecule has 1 unspecified atom stereocenters. The molecule has 2 aliphatic rings. The summed E-state index contributed by atoms with van der Waals surface area (Å²) in [6.45, 7) is 12.9. The van der Waals surface area contributed by atoms with Gasteiger partial charge >= 0.3 is 5.69 Å². The smallest absolute Gasteiger partial charge is 0.329 e. The van der Waals surface area contributed by atoms with Crippen LogP contribution in [0.25, 0.3) is 11.0 Å². The number of hydrogen-bond acceptors (Lipinski definition) is 4. The lowest BCUT2D eigenvalue weighted by atomic mass is 10.1. The average Bonchev–Trinajstić information content (AvgIpc) is 2.89. The van der Waals surface area contributed by atoms with E-state index in [0.717, 1.165) is 6.42 Å². The number of carbonyl (C=O) groups excluding carboxylic acids is 1. The van der Waals surface area contributed by atoms with Crippen molar-refractivity contribution in [1.82, 2.24) is 14.5 Å². The number of amides is 1. The van der Waals surface area contributed by atoms with Gasteiger partial charge in [0.2, 0.25) is 5.91 Å². The maximum Gasteiger partial charge on any atom is 0.329 e. The molecule has 0 bridgehead atoms. The number of hydrogen-bond donors (Lipinski definition) is 1. The Bertz CT molecular complexity index is 1080. The molecule has 0 spiro atoms. The second kappa shape index (κ2) is 7.48. The van der Waals surface area contributed by atoms with Crippen molar-refractivity contribution in [3.05, 3.63) is 28.4 Å². The van der Waals surface area contributed by atoms with Gasteiger partial charge in [0.1, 0.15) is 11.9 Å². The minimum absolute atomic E-state index is 0.0544. The number of imidazole rings is 1. The van der Waals surface area contributed by atoms with Gasteiger partial charge in [-0.3, -0.25) is 13.9 Å². The zero-order valence-electron chi connectivity index (χ0n) is 19.3. The van der Waals surface area contributed by atoms with Crippen LogP contribution in [0, 0.1) is 5.82 Å². The molecule has 1 N–H and O–H groups in total. The Balaban J connectivity index is 1.67. The van der Waals surface area contributed by atoms with Crippen molar-refractivity contribution < 1.29 is 13.6 Å². The monoisotopic (exact) mass is 448 g/mol. The van der Waals surface area contributed by atoms with Gasteiger partial charge in [0.25, 0.3) is 0 Å². The van der Waals surface area contributed by atoms with Crippen LogP contribution < -0.4 is 15.9 Å². The molecule has 1 amide bonds. The van der Waals surface area contributed by atoms with E-state index in [9.17, 15) is 9.59 Å². The zero-order valence-corrected chi connectivity index (χ0v) is 20.3. The fraction of sp³-hybridized carbons (Fsp3) is 0.636. The Labute approximate surface area is 183 Å². The van der Waals surface area contributed by atoms with E-state index in [1.54, 1.807) is 13.1 Å². The standard InChI is InChI=1S/C22H33FN4O3Si/c1-22(2,3)31(5,6)30-14-12-26(13-14)18-15(23)9-10-16-19(18)25(4)21(29)27(16)17-8-7-11-24-20(17)28/h9-10,14,17H,7-8,11-13H2,1-6H3,(H,24,28). The van der Waals surface area contributed by atoms with Crippen LogP contribution in [0.3, 0.4) is 0 Å². The molecule has 31 heavy (non-hydrogen) atoms. The summed E-state index contributed by atoms with van der Waals surface area (Å²) in [5.74, 6) is -0.516. The number of nitrogens with one attached hydrogen (secondary N) is 1. The van der Waals surface area contributed by atoms with Gasteiger partial charge in [0.05, 0.1) is 22.8 Å². The number of aryl methyl sites for hydroxylation is 1. The molecule has 9 heteroatoms. The Kier molecular flexibility index (Phi) is 5.32. The molecule has 0 radical (unpaired) electrons. The normalized spacial score (nSPS) is 20.8. The van der Waals surface area contributed by atoms with Gasteiger partial charge in [-0.15, -0.1) is 0 Å². The molecule has 0 saturated carbocycles. The highest BCUT2D eigenvalue weighted by Crippen LogP contribution is 2.40. The largest absolute Gasteiger partial charge is 0.410 e. The number of rotatable bonds is 4. The molecule has 1 atom stereocenters. The van der Waals surface area contributed by atoms with E-state index in [-0.39, 0.29) is 28.6 Å². The molecule has 1 aromatic carbocycles. The van der Waals surface area contributed by atoms with E-state index in [1.165, 1.54) is 15.2 Å². The first kappa shape index (κ1) is 22.1.